The van der Waals surface area contributed by atoms with E-state index in [4.69, 9.17) is 16.3 Å². The molecule has 0 saturated carbocycles. The van der Waals surface area contributed by atoms with Crippen molar-refractivity contribution in [2.45, 2.75) is 25.9 Å². The van der Waals surface area contributed by atoms with Crippen molar-refractivity contribution in [2.75, 3.05) is 39.8 Å². The number of benzene rings is 1. The molecule has 0 aromatic heterocycles. The molecule has 3 rings (SSSR count). The third-order valence-electron chi connectivity index (χ3n) is 5.08. The molecule has 2 amide bonds. The molecule has 0 aliphatic carbocycles. The van der Waals surface area contributed by atoms with E-state index in [9.17, 15) is 9.59 Å². The van der Waals surface area contributed by atoms with Gasteiger partial charge in [-0.3, -0.25) is 9.80 Å². The Morgan fingerprint density at radius 3 is 2.86 bits per heavy atom. The first kappa shape index (κ1) is 20.6. The SMILES string of the molecule is CCOC(=O)C1=C(CN2CCNC(C)C2)N(C)C(=O)NC1c1cccc(Cl)c1. The summed E-state index contributed by atoms with van der Waals surface area (Å²) in [5, 5.41) is 6.87. The van der Waals surface area contributed by atoms with Gasteiger partial charge in [-0.25, -0.2) is 9.59 Å². The number of rotatable bonds is 5. The van der Waals surface area contributed by atoms with E-state index in [0.29, 0.717) is 28.9 Å². The molecule has 28 heavy (non-hydrogen) atoms. The smallest absolute Gasteiger partial charge is 0.338 e. The summed E-state index contributed by atoms with van der Waals surface area (Å²) in [6, 6.07) is 6.69. The van der Waals surface area contributed by atoms with Gasteiger partial charge in [-0.05, 0) is 31.5 Å². The van der Waals surface area contributed by atoms with Crippen LogP contribution in [-0.2, 0) is 9.53 Å². The molecule has 1 aromatic rings. The van der Waals surface area contributed by atoms with Crippen LogP contribution in [0.3, 0.4) is 0 Å². The van der Waals surface area contributed by atoms with Crippen molar-refractivity contribution in [3.8, 4) is 0 Å². The summed E-state index contributed by atoms with van der Waals surface area (Å²) in [6.07, 6.45) is 0. The normalized spacial score (nSPS) is 23.6. The van der Waals surface area contributed by atoms with Gasteiger partial charge in [-0.2, -0.15) is 0 Å². The topological polar surface area (TPSA) is 73.9 Å². The van der Waals surface area contributed by atoms with E-state index < -0.39 is 12.0 Å². The fourth-order valence-electron chi connectivity index (χ4n) is 3.70. The molecule has 152 valence electrons. The highest BCUT2D eigenvalue weighted by Crippen LogP contribution is 2.32. The number of hydrogen-bond donors (Lipinski definition) is 2. The second kappa shape index (κ2) is 8.94. The van der Waals surface area contributed by atoms with Crippen LogP contribution in [0.15, 0.2) is 35.5 Å². The molecule has 7 nitrogen and oxygen atoms in total. The Kier molecular flexibility index (Phi) is 6.59. The van der Waals surface area contributed by atoms with E-state index in [0.717, 1.165) is 25.2 Å². The minimum absolute atomic E-state index is 0.254. The summed E-state index contributed by atoms with van der Waals surface area (Å²) < 4.78 is 5.35. The first-order valence-corrected chi connectivity index (χ1v) is 9.94. The summed E-state index contributed by atoms with van der Waals surface area (Å²) in [5.41, 5.74) is 1.88. The van der Waals surface area contributed by atoms with Gasteiger partial charge < -0.3 is 15.4 Å². The van der Waals surface area contributed by atoms with Crippen molar-refractivity contribution in [3.05, 3.63) is 46.1 Å². The molecule has 1 fully saturated rings. The number of likely N-dealkylation sites (N-methyl/N-ethyl adjacent to an activating group) is 1. The van der Waals surface area contributed by atoms with Crippen molar-refractivity contribution in [2.24, 2.45) is 0 Å². The van der Waals surface area contributed by atoms with E-state index in [-0.39, 0.29) is 12.6 Å². The van der Waals surface area contributed by atoms with Crippen LogP contribution in [0.1, 0.15) is 25.5 Å². The second-order valence-corrected chi connectivity index (χ2v) is 7.60. The summed E-state index contributed by atoms with van der Waals surface area (Å²) in [6.45, 7) is 7.23. The molecule has 2 heterocycles. The van der Waals surface area contributed by atoms with Crippen LogP contribution in [0, 0.1) is 0 Å². The molecule has 1 saturated heterocycles. The Labute approximate surface area is 170 Å². The molecular weight excluding hydrogens is 380 g/mol. The number of piperazine rings is 1. The van der Waals surface area contributed by atoms with Gasteiger partial charge >= 0.3 is 12.0 Å². The Morgan fingerprint density at radius 1 is 1.39 bits per heavy atom. The molecule has 2 N–H and O–H groups in total. The molecule has 0 bridgehead atoms. The van der Waals surface area contributed by atoms with E-state index in [1.54, 1.807) is 26.1 Å². The molecule has 0 spiro atoms. The van der Waals surface area contributed by atoms with Crippen molar-refractivity contribution >= 4 is 23.6 Å². The maximum atomic E-state index is 12.9. The number of halogens is 1. The van der Waals surface area contributed by atoms with Crippen LogP contribution >= 0.6 is 11.6 Å². The summed E-state index contributed by atoms with van der Waals surface area (Å²) >= 11 is 6.16. The second-order valence-electron chi connectivity index (χ2n) is 7.17. The lowest BCUT2D eigenvalue weighted by Gasteiger charge is -2.38. The Morgan fingerprint density at radius 2 is 2.18 bits per heavy atom. The van der Waals surface area contributed by atoms with Gasteiger partial charge in [-0.1, -0.05) is 23.7 Å². The number of nitrogens with one attached hydrogen (secondary N) is 2. The highest BCUT2D eigenvalue weighted by Gasteiger charge is 2.37. The number of ether oxygens (including phenoxy) is 1. The van der Waals surface area contributed by atoms with Gasteiger partial charge in [0.15, 0.2) is 0 Å². The van der Waals surface area contributed by atoms with Gasteiger partial charge in [0.25, 0.3) is 0 Å². The van der Waals surface area contributed by atoms with E-state index >= 15 is 0 Å². The molecule has 2 atom stereocenters. The fourth-order valence-corrected chi connectivity index (χ4v) is 3.90. The number of hydrogen-bond acceptors (Lipinski definition) is 5. The lowest BCUT2D eigenvalue weighted by Crippen LogP contribution is -2.53. The van der Waals surface area contributed by atoms with Crippen molar-refractivity contribution in [3.63, 3.8) is 0 Å². The Hall–Kier alpha value is -2.09. The molecule has 0 radical (unpaired) electrons. The van der Waals surface area contributed by atoms with Gasteiger partial charge in [0, 0.05) is 50.0 Å². The number of amides is 2. The van der Waals surface area contributed by atoms with Gasteiger partial charge in [0.2, 0.25) is 0 Å². The highest BCUT2D eigenvalue weighted by atomic mass is 35.5. The average Bonchev–Trinajstić information content (AvgIpc) is 2.65. The molecule has 2 aliphatic heterocycles. The largest absolute Gasteiger partial charge is 0.463 e. The summed E-state index contributed by atoms with van der Waals surface area (Å²) in [4.78, 5) is 29.3. The zero-order chi connectivity index (χ0) is 20.3. The molecule has 1 aromatic carbocycles. The fraction of sp³-hybridized carbons (Fsp3) is 0.500. The third-order valence-corrected chi connectivity index (χ3v) is 5.32. The first-order valence-electron chi connectivity index (χ1n) is 9.56. The minimum Gasteiger partial charge on any atom is -0.463 e. The molecular formula is C20H27ClN4O3. The van der Waals surface area contributed by atoms with Crippen molar-refractivity contribution in [1.29, 1.82) is 0 Å². The number of nitrogens with zero attached hydrogens (tertiary/aromatic N) is 2. The Balaban J connectivity index is 2.04. The number of carbonyl (C=O) groups excluding carboxylic acids is 2. The molecule has 8 heteroatoms. The zero-order valence-electron chi connectivity index (χ0n) is 16.5. The van der Waals surface area contributed by atoms with Crippen LogP contribution in [0.5, 0.6) is 0 Å². The predicted molar refractivity (Wildman–Crippen MR) is 108 cm³/mol. The van der Waals surface area contributed by atoms with Gasteiger partial charge in [0.05, 0.1) is 18.2 Å². The average molecular weight is 407 g/mol. The maximum Gasteiger partial charge on any atom is 0.338 e. The van der Waals surface area contributed by atoms with E-state index in [1.165, 1.54) is 4.90 Å². The minimum atomic E-state index is -0.600. The maximum absolute atomic E-state index is 12.9. The summed E-state index contributed by atoms with van der Waals surface area (Å²) in [5.74, 6) is -0.419. The van der Waals surface area contributed by atoms with Gasteiger partial charge in [-0.15, -0.1) is 0 Å². The van der Waals surface area contributed by atoms with E-state index in [2.05, 4.69) is 22.5 Å². The van der Waals surface area contributed by atoms with Crippen LogP contribution in [-0.4, -0.2) is 67.7 Å². The highest BCUT2D eigenvalue weighted by molar-refractivity contribution is 6.30. The molecule has 2 aliphatic rings. The monoisotopic (exact) mass is 406 g/mol. The predicted octanol–water partition coefficient (Wildman–Crippen LogP) is 2.15. The van der Waals surface area contributed by atoms with Crippen molar-refractivity contribution < 1.29 is 14.3 Å². The third kappa shape index (κ3) is 4.48. The van der Waals surface area contributed by atoms with Gasteiger partial charge in [0.1, 0.15) is 0 Å². The summed E-state index contributed by atoms with van der Waals surface area (Å²) in [7, 11) is 1.68. The number of esters is 1. The lowest BCUT2D eigenvalue weighted by molar-refractivity contribution is -0.139. The quantitative estimate of drug-likeness (QED) is 0.733. The van der Waals surface area contributed by atoms with Crippen LogP contribution < -0.4 is 10.6 Å². The van der Waals surface area contributed by atoms with Crippen LogP contribution in [0.2, 0.25) is 5.02 Å². The van der Waals surface area contributed by atoms with Crippen molar-refractivity contribution in [1.82, 2.24) is 20.4 Å². The first-order chi connectivity index (χ1) is 13.4. The number of carbonyl (C=O) groups is 2. The standard InChI is InChI=1S/C20H27ClN4O3/c1-4-28-19(26)17-16(12-25-9-8-22-13(2)11-25)24(3)20(27)23-18(17)14-6-5-7-15(21)10-14/h5-7,10,13,18,22H,4,8-9,11-12H2,1-3H3,(H,23,27). The molecule has 2 unspecified atom stereocenters. The Bertz CT molecular complexity index is 782. The van der Waals surface area contributed by atoms with E-state index in [1.807, 2.05) is 12.1 Å². The zero-order valence-corrected chi connectivity index (χ0v) is 17.3. The van der Waals surface area contributed by atoms with Crippen LogP contribution in [0.25, 0.3) is 0 Å². The number of urea groups is 1. The van der Waals surface area contributed by atoms with Crippen LogP contribution in [0.4, 0.5) is 4.79 Å². The lowest BCUT2D eigenvalue weighted by atomic mass is 9.94.